The molecule has 2 unspecified atom stereocenters. The number of rotatable bonds is 5. The average molecular weight is 315 g/mol. The molecule has 0 amide bonds. The molecule has 1 aromatic heterocycles. The van der Waals surface area contributed by atoms with Crippen LogP contribution in [-0.2, 0) is 10.0 Å². The van der Waals surface area contributed by atoms with Gasteiger partial charge in [0.05, 0.1) is 0 Å². The van der Waals surface area contributed by atoms with E-state index in [0.717, 1.165) is 19.4 Å². The number of piperidine rings is 1. The highest BCUT2D eigenvalue weighted by Gasteiger charge is 2.35. The Morgan fingerprint density at radius 3 is 2.76 bits per heavy atom. The number of hydrogen-bond donors (Lipinski definition) is 1. The number of aryl methyl sites for hydroxylation is 2. The molecule has 6 nitrogen and oxygen atoms in total. The van der Waals surface area contributed by atoms with Crippen LogP contribution in [0.15, 0.2) is 9.42 Å². The van der Waals surface area contributed by atoms with Gasteiger partial charge < -0.3 is 9.84 Å². The summed E-state index contributed by atoms with van der Waals surface area (Å²) in [4.78, 5) is 0.235. The standard InChI is InChI=1S/C14H25N3O3S/c1-5-15-10(2)13-7-6-8-17(9-13)21(18,19)14-11(3)16-20-12(14)4/h10,13,15H,5-9H2,1-4H3. The molecule has 0 spiro atoms. The molecular weight excluding hydrogens is 290 g/mol. The fourth-order valence-corrected chi connectivity index (χ4v) is 4.89. The minimum Gasteiger partial charge on any atom is -0.360 e. The number of nitrogens with zero attached hydrogens (tertiary/aromatic N) is 2. The van der Waals surface area contributed by atoms with Crippen molar-refractivity contribution in [3.05, 3.63) is 11.5 Å². The molecule has 0 saturated carbocycles. The van der Waals surface area contributed by atoms with Gasteiger partial charge in [-0.05, 0) is 46.1 Å². The van der Waals surface area contributed by atoms with Gasteiger partial charge in [0.1, 0.15) is 10.6 Å². The van der Waals surface area contributed by atoms with E-state index < -0.39 is 10.0 Å². The summed E-state index contributed by atoms with van der Waals surface area (Å²) in [6, 6.07) is 0.317. The van der Waals surface area contributed by atoms with E-state index in [9.17, 15) is 8.42 Å². The first-order valence-corrected chi connectivity index (χ1v) is 8.98. The lowest BCUT2D eigenvalue weighted by atomic mass is 9.93. The monoisotopic (exact) mass is 315 g/mol. The minimum absolute atomic E-state index is 0.235. The second-order valence-corrected chi connectivity index (χ2v) is 7.64. The van der Waals surface area contributed by atoms with Gasteiger partial charge in [-0.3, -0.25) is 0 Å². The van der Waals surface area contributed by atoms with E-state index in [1.165, 1.54) is 0 Å². The summed E-state index contributed by atoms with van der Waals surface area (Å²) in [6.45, 7) is 9.54. The molecule has 2 atom stereocenters. The minimum atomic E-state index is -3.51. The largest absolute Gasteiger partial charge is 0.360 e. The van der Waals surface area contributed by atoms with Crippen LogP contribution in [0.5, 0.6) is 0 Å². The van der Waals surface area contributed by atoms with E-state index in [4.69, 9.17) is 4.52 Å². The molecule has 1 saturated heterocycles. The molecule has 2 heterocycles. The molecule has 1 aromatic rings. The predicted molar refractivity (Wildman–Crippen MR) is 80.6 cm³/mol. The van der Waals surface area contributed by atoms with Crippen molar-refractivity contribution >= 4 is 10.0 Å². The number of nitrogens with one attached hydrogen (secondary N) is 1. The van der Waals surface area contributed by atoms with Crippen molar-refractivity contribution in [2.75, 3.05) is 19.6 Å². The third kappa shape index (κ3) is 3.30. The Bertz CT molecular complexity index is 563. The van der Waals surface area contributed by atoms with Gasteiger partial charge in [-0.15, -0.1) is 0 Å². The van der Waals surface area contributed by atoms with Crippen molar-refractivity contribution in [1.29, 1.82) is 0 Å². The van der Waals surface area contributed by atoms with Gasteiger partial charge in [-0.2, -0.15) is 4.31 Å². The maximum atomic E-state index is 12.8. The van der Waals surface area contributed by atoms with Crippen molar-refractivity contribution in [2.45, 2.75) is 51.5 Å². The van der Waals surface area contributed by atoms with Crippen LogP contribution in [0.2, 0.25) is 0 Å². The van der Waals surface area contributed by atoms with Gasteiger partial charge in [0, 0.05) is 19.1 Å². The van der Waals surface area contributed by atoms with E-state index in [1.807, 2.05) is 0 Å². The lowest BCUT2D eigenvalue weighted by Gasteiger charge is -2.35. The normalized spacial score (nSPS) is 22.4. The smallest absolute Gasteiger partial charge is 0.248 e. The fourth-order valence-electron chi connectivity index (χ4n) is 3.06. The van der Waals surface area contributed by atoms with Gasteiger partial charge in [-0.25, -0.2) is 8.42 Å². The first-order valence-electron chi connectivity index (χ1n) is 7.54. The summed E-state index contributed by atoms with van der Waals surface area (Å²) in [5.41, 5.74) is 0.439. The van der Waals surface area contributed by atoms with E-state index >= 15 is 0 Å². The van der Waals surface area contributed by atoms with Crippen molar-refractivity contribution in [1.82, 2.24) is 14.8 Å². The third-order valence-corrected chi connectivity index (χ3v) is 6.33. The Balaban J connectivity index is 2.21. The van der Waals surface area contributed by atoms with E-state index in [2.05, 4.69) is 24.3 Å². The van der Waals surface area contributed by atoms with Crippen LogP contribution in [0.25, 0.3) is 0 Å². The fraction of sp³-hybridized carbons (Fsp3) is 0.786. The Morgan fingerprint density at radius 2 is 2.19 bits per heavy atom. The molecule has 1 aliphatic heterocycles. The summed E-state index contributed by atoms with van der Waals surface area (Å²) < 4.78 is 32.2. The molecule has 0 aliphatic carbocycles. The molecule has 21 heavy (non-hydrogen) atoms. The van der Waals surface area contributed by atoms with E-state index in [1.54, 1.807) is 18.2 Å². The molecule has 1 N–H and O–H groups in total. The summed E-state index contributed by atoms with van der Waals surface area (Å²) in [5, 5.41) is 7.16. The van der Waals surface area contributed by atoms with Crippen LogP contribution >= 0.6 is 0 Å². The second kappa shape index (κ2) is 6.46. The summed E-state index contributed by atoms with van der Waals surface area (Å²) in [6.07, 6.45) is 1.95. The highest BCUT2D eigenvalue weighted by Crippen LogP contribution is 2.28. The first-order chi connectivity index (χ1) is 9.87. The lowest BCUT2D eigenvalue weighted by Crippen LogP contribution is -2.46. The number of hydrogen-bond acceptors (Lipinski definition) is 5. The molecule has 0 bridgehead atoms. The molecule has 2 rings (SSSR count). The number of sulfonamides is 1. The number of aromatic nitrogens is 1. The van der Waals surface area contributed by atoms with Crippen LogP contribution in [0, 0.1) is 19.8 Å². The highest BCUT2D eigenvalue weighted by molar-refractivity contribution is 7.89. The average Bonchev–Trinajstić information content (AvgIpc) is 2.79. The molecule has 120 valence electrons. The molecule has 1 fully saturated rings. The Hall–Kier alpha value is -0.920. The van der Waals surface area contributed by atoms with Gasteiger partial charge in [0.2, 0.25) is 10.0 Å². The molecule has 0 radical (unpaired) electrons. The third-order valence-electron chi connectivity index (χ3n) is 4.22. The molecule has 7 heteroatoms. The van der Waals surface area contributed by atoms with Crippen LogP contribution in [0.3, 0.4) is 0 Å². The van der Waals surface area contributed by atoms with Gasteiger partial charge in [-0.1, -0.05) is 12.1 Å². The molecule has 0 aromatic carbocycles. The van der Waals surface area contributed by atoms with Gasteiger partial charge >= 0.3 is 0 Å². The van der Waals surface area contributed by atoms with Crippen molar-refractivity contribution in [3.63, 3.8) is 0 Å². The highest BCUT2D eigenvalue weighted by atomic mass is 32.2. The van der Waals surface area contributed by atoms with E-state index in [-0.39, 0.29) is 4.90 Å². The van der Waals surface area contributed by atoms with Gasteiger partial charge in [0.15, 0.2) is 5.76 Å². The zero-order valence-corrected chi connectivity index (χ0v) is 14.0. The topological polar surface area (TPSA) is 75.4 Å². The lowest BCUT2D eigenvalue weighted by molar-refractivity contribution is 0.225. The maximum absolute atomic E-state index is 12.8. The Morgan fingerprint density at radius 1 is 1.48 bits per heavy atom. The Kier molecular flexibility index (Phi) is 5.06. The van der Waals surface area contributed by atoms with Crippen molar-refractivity contribution in [3.8, 4) is 0 Å². The quantitative estimate of drug-likeness (QED) is 0.895. The zero-order chi connectivity index (χ0) is 15.6. The zero-order valence-electron chi connectivity index (χ0n) is 13.2. The molecular formula is C14H25N3O3S. The van der Waals surface area contributed by atoms with Gasteiger partial charge in [0.25, 0.3) is 0 Å². The predicted octanol–water partition coefficient (Wildman–Crippen LogP) is 1.69. The van der Waals surface area contributed by atoms with Crippen LogP contribution in [-0.4, -0.2) is 43.6 Å². The summed E-state index contributed by atoms with van der Waals surface area (Å²) in [5.74, 6) is 0.711. The van der Waals surface area contributed by atoms with Crippen LogP contribution in [0.4, 0.5) is 0 Å². The Labute approximate surface area is 126 Å². The summed E-state index contributed by atoms with van der Waals surface area (Å²) in [7, 11) is -3.51. The van der Waals surface area contributed by atoms with Crippen LogP contribution in [0.1, 0.15) is 38.1 Å². The maximum Gasteiger partial charge on any atom is 0.248 e. The second-order valence-electron chi connectivity index (χ2n) is 5.77. The van der Waals surface area contributed by atoms with Crippen molar-refractivity contribution < 1.29 is 12.9 Å². The van der Waals surface area contributed by atoms with Crippen LogP contribution < -0.4 is 5.32 Å². The first kappa shape index (κ1) is 16.5. The molecule has 1 aliphatic rings. The SMILES string of the molecule is CCNC(C)C1CCCN(S(=O)(=O)c2c(C)noc2C)C1. The van der Waals surface area contributed by atoms with Crippen molar-refractivity contribution in [2.24, 2.45) is 5.92 Å². The summed E-state index contributed by atoms with van der Waals surface area (Å²) >= 11 is 0. The van der Waals surface area contributed by atoms with E-state index in [0.29, 0.717) is 36.5 Å².